The zero-order chi connectivity index (χ0) is 21.6. The van der Waals surface area contributed by atoms with Crippen LogP contribution >= 0.6 is 23.4 Å². The molecule has 0 atom stereocenters. The van der Waals surface area contributed by atoms with Crippen LogP contribution < -0.4 is 10.2 Å². The normalized spacial score (nSPS) is 11.7. The number of benzene rings is 1. The van der Waals surface area contributed by atoms with Gasteiger partial charge in [0.1, 0.15) is 12.0 Å². The third-order valence-corrected chi connectivity index (χ3v) is 5.74. The van der Waals surface area contributed by atoms with E-state index in [1.807, 2.05) is 6.07 Å². The topological polar surface area (TPSA) is 52.3 Å². The molecule has 160 valence electrons. The number of hydrogen-bond acceptors (Lipinski definition) is 5. The molecule has 0 aliphatic rings. The summed E-state index contributed by atoms with van der Waals surface area (Å²) in [7, 11) is 0. The van der Waals surface area contributed by atoms with Crippen molar-refractivity contribution in [2.75, 3.05) is 12.4 Å². The van der Waals surface area contributed by atoms with Gasteiger partial charge in [-0.1, -0.05) is 6.07 Å². The minimum atomic E-state index is -4.38. The molecule has 0 amide bonds. The van der Waals surface area contributed by atoms with Crippen molar-refractivity contribution < 1.29 is 22.3 Å². The fourth-order valence-electron chi connectivity index (χ4n) is 2.78. The van der Waals surface area contributed by atoms with Crippen LogP contribution in [0.2, 0.25) is 0 Å². The molecule has 4 nitrogen and oxygen atoms in total. The maximum Gasteiger partial charge on any atom is 0.416 e. The smallest absolute Gasteiger partial charge is 0.416 e. The lowest BCUT2D eigenvalue weighted by Crippen LogP contribution is -2.08. The van der Waals surface area contributed by atoms with Gasteiger partial charge in [0.2, 0.25) is 11.2 Å². The summed E-state index contributed by atoms with van der Waals surface area (Å²) in [6.07, 6.45) is 0.976. The van der Waals surface area contributed by atoms with E-state index in [1.54, 1.807) is 11.8 Å². The van der Waals surface area contributed by atoms with Gasteiger partial charge in [0.25, 0.3) is 0 Å². The second-order valence-electron chi connectivity index (χ2n) is 6.50. The molecule has 2 heterocycles. The monoisotopic (exact) mass is 457 g/mol. The van der Waals surface area contributed by atoms with E-state index < -0.39 is 11.7 Å². The van der Waals surface area contributed by atoms with Crippen molar-refractivity contribution in [2.24, 2.45) is 0 Å². The largest absolute Gasteiger partial charge is 0.487 e. The summed E-state index contributed by atoms with van der Waals surface area (Å²) in [5, 5.41) is 0.714. The van der Waals surface area contributed by atoms with Crippen LogP contribution in [-0.2, 0) is 12.1 Å². The van der Waals surface area contributed by atoms with Gasteiger partial charge in [0.05, 0.1) is 23.6 Å². The van der Waals surface area contributed by atoms with Crippen molar-refractivity contribution in [3.63, 3.8) is 0 Å². The minimum Gasteiger partial charge on any atom is -0.487 e. The molecule has 0 N–H and O–H groups in total. The standard InChI is InChI=1S/C21H19ClF3NO3S/c22-12-15-11-18(27)19(13-29-15)28-8-2-1-3-9-30-20-6-7-26-17-10-14(21(23,24)25)4-5-16(17)20/h4-7,10-11,13H,1-3,8-9,12H2. The van der Waals surface area contributed by atoms with Crippen molar-refractivity contribution in [1.29, 1.82) is 0 Å². The summed E-state index contributed by atoms with van der Waals surface area (Å²) >= 11 is 7.19. The molecular weight excluding hydrogens is 439 g/mol. The molecule has 30 heavy (non-hydrogen) atoms. The summed E-state index contributed by atoms with van der Waals surface area (Å²) in [4.78, 5) is 16.8. The predicted octanol–water partition coefficient (Wildman–Crippen LogP) is 6.29. The molecule has 1 aromatic carbocycles. The van der Waals surface area contributed by atoms with Gasteiger partial charge in [-0.15, -0.1) is 23.4 Å². The van der Waals surface area contributed by atoms with Crippen LogP contribution in [0.1, 0.15) is 30.6 Å². The van der Waals surface area contributed by atoms with E-state index in [4.69, 9.17) is 20.8 Å². The first-order chi connectivity index (χ1) is 14.4. The number of ether oxygens (including phenoxy) is 1. The van der Waals surface area contributed by atoms with Gasteiger partial charge in [-0.05, 0) is 43.2 Å². The van der Waals surface area contributed by atoms with Gasteiger partial charge < -0.3 is 9.15 Å². The number of rotatable bonds is 9. The summed E-state index contributed by atoms with van der Waals surface area (Å²) in [5.74, 6) is 1.50. The Labute approximate surface area is 180 Å². The van der Waals surface area contributed by atoms with E-state index in [1.165, 1.54) is 24.6 Å². The zero-order valence-corrected chi connectivity index (χ0v) is 17.4. The average molecular weight is 458 g/mol. The van der Waals surface area contributed by atoms with E-state index in [9.17, 15) is 18.0 Å². The van der Waals surface area contributed by atoms with Crippen LogP contribution in [0, 0.1) is 0 Å². The highest BCUT2D eigenvalue weighted by Crippen LogP contribution is 2.33. The summed E-state index contributed by atoms with van der Waals surface area (Å²) < 4.78 is 49.2. The Hall–Kier alpha value is -2.19. The van der Waals surface area contributed by atoms with Gasteiger partial charge >= 0.3 is 6.18 Å². The van der Waals surface area contributed by atoms with Crippen LogP contribution in [0.5, 0.6) is 5.75 Å². The lowest BCUT2D eigenvalue weighted by atomic mass is 10.1. The van der Waals surface area contributed by atoms with Crippen LogP contribution in [0.3, 0.4) is 0 Å². The maximum absolute atomic E-state index is 12.9. The maximum atomic E-state index is 12.9. The van der Waals surface area contributed by atoms with Crippen molar-refractivity contribution in [2.45, 2.75) is 36.2 Å². The number of thioether (sulfide) groups is 1. The number of nitrogens with zero attached hydrogens (tertiary/aromatic N) is 1. The molecule has 0 radical (unpaired) electrons. The zero-order valence-electron chi connectivity index (χ0n) is 15.9. The van der Waals surface area contributed by atoms with E-state index >= 15 is 0 Å². The van der Waals surface area contributed by atoms with Crippen molar-refractivity contribution in [3.8, 4) is 5.75 Å². The van der Waals surface area contributed by atoms with Crippen LogP contribution in [0.4, 0.5) is 13.2 Å². The van der Waals surface area contributed by atoms with E-state index in [2.05, 4.69) is 4.98 Å². The molecule has 0 spiro atoms. The Morgan fingerprint density at radius 3 is 2.70 bits per heavy atom. The second-order valence-corrected chi connectivity index (χ2v) is 7.91. The first-order valence-electron chi connectivity index (χ1n) is 9.28. The Balaban J connectivity index is 1.44. The Morgan fingerprint density at radius 1 is 1.13 bits per heavy atom. The molecule has 0 fully saturated rings. The Kier molecular flexibility index (Phi) is 7.66. The van der Waals surface area contributed by atoms with Crippen LogP contribution in [0.15, 0.2) is 56.9 Å². The van der Waals surface area contributed by atoms with Crippen molar-refractivity contribution in [1.82, 2.24) is 4.98 Å². The summed E-state index contributed by atoms with van der Waals surface area (Å²) in [5.41, 5.74) is -0.621. The molecule has 0 aliphatic heterocycles. The third-order valence-electron chi connectivity index (χ3n) is 4.32. The number of halogens is 4. The first-order valence-corrected chi connectivity index (χ1v) is 10.8. The SMILES string of the molecule is O=c1cc(CCl)occ1OCCCCCSc1ccnc2cc(C(F)(F)F)ccc12. The summed E-state index contributed by atoms with van der Waals surface area (Å²) in [6.45, 7) is 0.397. The molecule has 9 heteroatoms. The highest BCUT2D eigenvalue weighted by atomic mass is 35.5. The predicted molar refractivity (Wildman–Crippen MR) is 111 cm³/mol. The molecular formula is C21H19ClF3NO3S. The number of unbranched alkanes of at least 4 members (excludes halogenated alkanes) is 2. The number of fused-ring (bicyclic) bond motifs is 1. The minimum absolute atomic E-state index is 0.128. The van der Waals surface area contributed by atoms with Gasteiger partial charge in [-0.2, -0.15) is 13.2 Å². The molecule has 3 rings (SSSR count). The number of aromatic nitrogens is 1. The molecule has 3 aromatic rings. The third kappa shape index (κ3) is 5.92. The van der Waals surface area contributed by atoms with Gasteiger partial charge in [0.15, 0.2) is 0 Å². The highest BCUT2D eigenvalue weighted by Gasteiger charge is 2.30. The van der Waals surface area contributed by atoms with Gasteiger partial charge in [-0.3, -0.25) is 9.78 Å². The lowest BCUT2D eigenvalue weighted by molar-refractivity contribution is -0.137. The molecule has 0 saturated heterocycles. The van der Waals surface area contributed by atoms with Crippen LogP contribution in [-0.4, -0.2) is 17.3 Å². The Morgan fingerprint density at radius 2 is 1.97 bits per heavy atom. The van der Waals surface area contributed by atoms with E-state index in [0.29, 0.717) is 23.3 Å². The summed E-state index contributed by atoms with van der Waals surface area (Å²) in [6, 6.07) is 6.76. The van der Waals surface area contributed by atoms with Gasteiger partial charge in [0, 0.05) is 22.5 Å². The Bertz CT molecular complexity index is 1060. The molecule has 0 unspecified atom stereocenters. The van der Waals surface area contributed by atoms with E-state index in [0.717, 1.165) is 42.0 Å². The lowest BCUT2D eigenvalue weighted by Gasteiger charge is -2.10. The number of alkyl halides is 4. The molecule has 0 bridgehead atoms. The van der Waals surface area contributed by atoms with Crippen molar-refractivity contribution >= 4 is 34.3 Å². The quantitative estimate of drug-likeness (QED) is 0.215. The average Bonchev–Trinajstić information content (AvgIpc) is 2.73. The fraction of sp³-hybridized carbons (Fsp3) is 0.333. The van der Waals surface area contributed by atoms with Gasteiger partial charge in [-0.25, -0.2) is 0 Å². The molecule has 0 aliphatic carbocycles. The number of pyridine rings is 1. The van der Waals surface area contributed by atoms with E-state index in [-0.39, 0.29) is 17.1 Å². The fourth-order valence-corrected chi connectivity index (χ4v) is 3.98. The number of hydrogen-bond donors (Lipinski definition) is 0. The highest BCUT2D eigenvalue weighted by molar-refractivity contribution is 7.99. The molecule has 2 aromatic heterocycles. The molecule has 0 saturated carbocycles. The van der Waals surface area contributed by atoms with Crippen molar-refractivity contribution in [3.05, 3.63) is 64.3 Å². The van der Waals surface area contributed by atoms with Crippen LogP contribution in [0.25, 0.3) is 10.9 Å². The first kappa shape index (κ1) is 22.5. The second kappa shape index (κ2) is 10.2.